The minimum absolute atomic E-state index is 0.122. The number of hydrogen-bond acceptors (Lipinski definition) is 4. The maximum Gasteiger partial charge on any atom is 0.407 e. The summed E-state index contributed by atoms with van der Waals surface area (Å²) in [5.74, 6) is 0.363. The second-order valence-corrected chi connectivity index (χ2v) is 4.31. The number of carbonyl (C=O) groups is 2. The molecular weight excluding hydrogens is 246 g/mol. The molecule has 1 N–H and O–H groups in total. The molecule has 0 aliphatic heterocycles. The van der Waals surface area contributed by atoms with Gasteiger partial charge in [-0.15, -0.1) is 11.6 Å². The summed E-state index contributed by atoms with van der Waals surface area (Å²) in [5, 5.41) is 2.27. The summed E-state index contributed by atoms with van der Waals surface area (Å²) in [6.07, 6.45) is 1.18. The highest BCUT2D eigenvalue weighted by atomic mass is 35.5. The van der Waals surface area contributed by atoms with E-state index in [9.17, 15) is 9.59 Å². The van der Waals surface area contributed by atoms with E-state index in [1.807, 2.05) is 0 Å². The van der Waals surface area contributed by atoms with Gasteiger partial charge in [-0.25, -0.2) is 4.79 Å². The number of amides is 1. The van der Waals surface area contributed by atoms with Gasteiger partial charge in [0.1, 0.15) is 13.2 Å². The summed E-state index contributed by atoms with van der Waals surface area (Å²) in [5.41, 5.74) is 0. The monoisotopic (exact) mass is 265 g/mol. The van der Waals surface area contributed by atoms with E-state index in [0.29, 0.717) is 12.5 Å². The van der Waals surface area contributed by atoms with Crippen molar-refractivity contribution in [2.75, 3.05) is 25.6 Å². The Labute approximate surface area is 107 Å². The summed E-state index contributed by atoms with van der Waals surface area (Å²) in [6.45, 7) is 4.54. The highest BCUT2D eigenvalue weighted by Crippen LogP contribution is 2.02. The number of alkyl carbamates (subject to hydrolysis) is 1. The van der Waals surface area contributed by atoms with Gasteiger partial charge in [-0.3, -0.25) is 4.79 Å². The minimum atomic E-state index is -0.662. The first-order valence-electron chi connectivity index (χ1n) is 5.68. The van der Waals surface area contributed by atoms with E-state index in [0.717, 1.165) is 12.8 Å². The molecule has 100 valence electrons. The molecule has 0 radical (unpaired) electrons. The van der Waals surface area contributed by atoms with E-state index >= 15 is 0 Å². The highest BCUT2D eigenvalue weighted by molar-refractivity contribution is 6.18. The number of rotatable bonds is 8. The van der Waals surface area contributed by atoms with Gasteiger partial charge in [0.2, 0.25) is 0 Å². The molecule has 0 aromatic carbocycles. The van der Waals surface area contributed by atoms with Crippen molar-refractivity contribution >= 4 is 23.7 Å². The lowest BCUT2D eigenvalue weighted by Crippen LogP contribution is -2.31. The molecule has 0 saturated heterocycles. The van der Waals surface area contributed by atoms with Gasteiger partial charge in [0.05, 0.1) is 12.5 Å². The minimum Gasteiger partial charge on any atom is -0.464 e. The fourth-order valence-electron chi connectivity index (χ4n) is 1.06. The van der Waals surface area contributed by atoms with Crippen LogP contribution in [0.2, 0.25) is 0 Å². The number of esters is 1. The molecule has 0 unspecified atom stereocenters. The molecule has 0 saturated carbocycles. The van der Waals surface area contributed by atoms with Crippen molar-refractivity contribution in [2.45, 2.75) is 26.7 Å². The van der Waals surface area contributed by atoms with E-state index in [-0.39, 0.29) is 19.0 Å². The van der Waals surface area contributed by atoms with Gasteiger partial charge in [0, 0.05) is 0 Å². The summed E-state index contributed by atoms with van der Waals surface area (Å²) < 4.78 is 9.52. The molecule has 0 heterocycles. The zero-order valence-electron chi connectivity index (χ0n) is 10.3. The topological polar surface area (TPSA) is 64.6 Å². The van der Waals surface area contributed by atoms with Gasteiger partial charge < -0.3 is 14.8 Å². The lowest BCUT2D eigenvalue weighted by atomic mass is 10.1. The van der Waals surface area contributed by atoms with Gasteiger partial charge >= 0.3 is 12.1 Å². The molecule has 0 rings (SSSR count). The molecule has 17 heavy (non-hydrogen) atoms. The summed E-state index contributed by atoms with van der Waals surface area (Å²) in [7, 11) is 0. The third kappa shape index (κ3) is 11.3. The van der Waals surface area contributed by atoms with E-state index in [2.05, 4.69) is 23.9 Å². The average Bonchev–Trinajstić information content (AvgIpc) is 2.29. The van der Waals surface area contributed by atoms with Crippen LogP contribution in [0.3, 0.4) is 0 Å². The third-order valence-electron chi connectivity index (χ3n) is 1.88. The smallest absolute Gasteiger partial charge is 0.407 e. The molecule has 0 atom stereocenters. The standard InChI is InChI=1S/C11H20ClNO4/c1-9(2)4-3-6-16-10(14)8-13-11(15)17-7-5-12/h9H,3-8H2,1-2H3,(H,13,15). The van der Waals surface area contributed by atoms with Crippen LogP contribution in [0.4, 0.5) is 4.79 Å². The number of hydrogen-bond donors (Lipinski definition) is 1. The van der Waals surface area contributed by atoms with Crippen LogP contribution in [-0.4, -0.2) is 37.7 Å². The van der Waals surface area contributed by atoms with Gasteiger partial charge in [-0.1, -0.05) is 13.8 Å². The van der Waals surface area contributed by atoms with Crippen LogP contribution >= 0.6 is 11.6 Å². The van der Waals surface area contributed by atoms with Crippen molar-refractivity contribution in [2.24, 2.45) is 5.92 Å². The molecule has 5 nitrogen and oxygen atoms in total. The summed E-state index contributed by atoms with van der Waals surface area (Å²) >= 11 is 5.32. The molecule has 1 amide bonds. The second kappa shape index (κ2) is 10.2. The predicted octanol–water partition coefficient (Wildman–Crippen LogP) is 1.93. The Hall–Kier alpha value is -0.970. The molecule has 6 heteroatoms. The number of halogens is 1. The molecular formula is C11H20ClNO4. The fourth-order valence-corrected chi connectivity index (χ4v) is 1.13. The Bertz CT molecular complexity index is 234. The van der Waals surface area contributed by atoms with E-state index in [4.69, 9.17) is 16.3 Å². The third-order valence-corrected chi connectivity index (χ3v) is 2.03. The molecule has 0 aromatic rings. The van der Waals surface area contributed by atoms with Crippen LogP contribution in [0.15, 0.2) is 0 Å². The Morgan fingerprint density at radius 2 is 1.94 bits per heavy atom. The Balaban J connectivity index is 3.43. The van der Waals surface area contributed by atoms with Crippen molar-refractivity contribution in [1.82, 2.24) is 5.32 Å². The molecule has 0 fully saturated rings. The van der Waals surface area contributed by atoms with Gasteiger partial charge in [0.15, 0.2) is 0 Å². The van der Waals surface area contributed by atoms with E-state index in [1.54, 1.807) is 0 Å². The number of alkyl halides is 1. The van der Waals surface area contributed by atoms with Crippen LogP contribution in [-0.2, 0) is 14.3 Å². The zero-order chi connectivity index (χ0) is 13.1. The number of nitrogens with one attached hydrogen (secondary N) is 1. The van der Waals surface area contributed by atoms with Crippen LogP contribution in [0.1, 0.15) is 26.7 Å². The van der Waals surface area contributed by atoms with Crippen LogP contribution in [0.25, 0.3) is 0 Å². The molecule has 0 bridgehead atoms. The van der Waals surface area contributed by atoms with Crippen molar-refractivity contribution in [3.8, 4) is 0 Å². The van der Waals surface area contributed by atoms with E-state index < -0.39 is 12.1 Å². The normalized spacial score (nSPS) is 10.1. The Kier molecular flexibility index (Phi) is 9.62. The van der Waals surface area contributed by atoms with Gasteiger partial charge in [-0.2, -0.15) is 0 Å². The lowest BCUT2D eigenvalue weighted by molar-refractivity contribution is -0.142. The summed E-state index contributed by atoms with van der Waals surface area (Å²) in [4.78, 5) is 22.1. The first-order chi connectivity index (χ1) is 8.06. The predicted molar refractivity (Wildman–Crippen MR) is 65.1 cm³/mol. The van der Waals surface area contributed by atoms with Gasteiger partial charge in [-0.05, 0) is 18.8 Å². The second-order valence-electron chi connectivity index (χ2n) is 3.94. The Morgan fingerprint density at radius 1 is 1.24 bits per heavy atom. The molecule has 0 aromatic heterocycles. The first-order valence-corrected chi connectivity index (χ1v) is 6.22. The largest absolute Gasteiger partial charge is 0.464 e. The van der Waals surface area contributed by atoms with Gasteiger partial charge in [0.25, 0.3) is 0 Å². The maximum absolute atomic E-state index is 11.1. The average molecular weight is 266 g/mol. The van der Waals surface area contributed by atoms with E-state index in [1.165, 1.54) is 0 Å². The SMILES string of the molecule is CC(C)CCCOC(=O)CNC(=O)OCCCl. The number of ether oxygens (including phenoxy) is 2. The lowest BCUT2D eigenvalue weighted by Gasteiger charge is -2.07. The zero-order valence-corrected chi connectivity index (χ0v) is 11.1. The van der Waals surface area contributed by atoms with Crippen molar-refractivity contribution in [3.63, 3.8) is 0 Å². The maximum atomic E-state index is 11.1. The quantitative estimate of drug-likeness (QED) is 0.414. The van der Waals surface area contributed by atoms with Crippen molar-refractivity contribution in [1.29, 1.82) is 0 Å². The van der Waals surface area contributed by atoms with Crippen LogP contribution in [0, 0.1) is 5.92 Å². The van der Waals surface area contributed by atoms with Crippen LogP contribution in [0.5, 0.6) is 0 Å². The first kappa shape index (κ1) is 16.0. The molecule has 0 aliphatic carbocycles. The Morgan fingerprint density at radius 3 is 2.53 bits per heavy atom. The van der Waals surface area contributed by atoms with Crippen LogP contribution < -0.4 is 5.32 Å². The van der Waals surface area contributed by atoms with Crippen molar-refractivity contribution in [3.05, 3.63) is 0 Å². The highest BCUT2D eigenvalue weighted by Gasteiger charge is 2.06. The van der Waals surface area contributed by atoms with Crippen molar-refractivity contribution < 1.29 is 19.1 Å². The fraction of sp³-hybridized carbons (Fsp3) is 0.818. The molecule has 0 aliphatic rings. The molecule has 0 spiro atoms. The summed E-state index contributed by atoms with van der Waals surface area (Å²) in [6, 6.07) is 0. The number of carbonyl (C=O) groups excluding carboxylic acids is 2.